The Morgan fingerprint density at radius 1 is 1.22 bits per heavy atom. The average molecular weight is 256 g/mol. The van der Waals surface area contributed by atoms with Crippen LogP contribution in [-0.4, -0.2) is 13.2 Å². The molecule has 1 atom stereocenters. The maximum atomic E-state index is 12.4. The average Bonchev–Trinajstić information content (AvgIpc) is 2.37. The molecule has 0 N–H and O–H groups in total. The number of hydrogen-bond acceptors (Lipinski definition) is 1. The van der Waals surface area contributed by atoms with Gasteiger partial charge in [0, 0.05) is 13.0 Å². The van der Waals surface area contributed by atoms with E-state index in [4.69, 9.17) is 4.74 Å². The first kappa shape index (κ1) is 13.4. The molecule has 0 aliphatic carbocycles. The molecule has 1 nitrogen and oxygen atoms in total. The second kappa shape index (κ2) is 5.74. The van der Waals surface area contributed by atoms with E-state index in [9.17, 15) is 13.2 Å². The van der Waals surface area contributed by atoms with Crippen molar-refractivity contribution in [2.24, 2.45) is 5.92 Å². The molecule has 98 valence electrons. The highest BCUT2D eigenvalue weighted by molar-refractivity contribution is 5.24. The minimum absolute atomic E-state index is 0.404. The maximum absolute atomic E-state index is 12.4. The van der Waals surface area contributed by atoms with Crippen LogP contribution in [0.1, 0.15) is 24.0 Å². The molecule has 1 saturated heterocycles. The number of aryl methyl sites for hydroxylation is 1. The third-order valence-corrected chi connectivity index (χ3v) is 3.15. The van der Waals surface area contributed by atoms with Gasteiger partial charge in [0.15, 0.2) is 0 Å². The summed E-state index contributed by atoms with van der Waals surface area (Å²) in [6.07, 6.45) is 1.65. The predicted molar refractivity (Wildman–Crippen MR) is 61.9 cm³/mol. The van der Waals surface area contributed by atoms with Crippen LogP contribution in [0.2, 0.25) is 0 Å². The molecule has 1 fully saturated rings. The van der Waals surface area contributed by atoms with E-state index in [1.165, 1.54) is 0 Å². The lowest BCUT2D eigenvalue weighted by Crippen LogP contribution is -2.17. The van der Waals surface area contributed by atoms with E-state index in [2.05, 4.69) is 6.42 Å². The van der Waals surface area contributed by atoms with Crippen molar-refractivity contribution in [3.05, 3.63) is 41.8 Å². The van der Waals surface area contributed by atoms with Gasteiger partial charge in [-0.05, 0) is 42.9 Å². The molecule has 2 rings (SSSR count). The molecule has 1 aliphatic rings. The minimum Gasteiger partial charge on any atom is -0.381 e. The van der Waals surface area contributed by atoms with Crippen molar-refractivity contribution in [1.82, 2.24) is 0 Å². The zero-order valence-electron chi connectivity index (χ0n) is 9.96. The fourth-order valence-electron chi connectivity index (χ4n) is 2.02. The Hall–Kier alpha value is -1.03. The van der Waals surface area contributed by atoms with Gasteiger partial charge in [-0.1, -0.05) is 12.1 Å². The van der Waals surface area contributed by atoms with E-state index >= 15 is 0 Å². The van der Waals surface area contributed by atoms with Gasteiger partial charge in [0.05, 0.1) is 12.2 Å². The first-order valence-corrected chi connectivity index (χ1v) is 6.03. The molecule has 1 aromatic rings. The lowest BCUT2D eigenvalue weighted by atomic mass is 9.92. The summed E-state index contributed by atoms with van der Waals surface area (Å²) in [5.74, 6) is 0.404. The molecule has 1 aromatic carbocycles. The van der Waals surface area contributed by atoms with E-state index in [-0.39, 0.29) is 0 Å². The first-order chi connectivity index (χ1) is 8.55. The largest absolute Gasteiger partial charge is 0.416 e. The van der Waals surface area contributed by atoms with Crippen LogP contribution in [0.15, 0.2) is 24.3 Å². The first-order valence-electron chi connectivity index (χ1n) is 6.03. The highest BCUT2D eigenvalue weighted by atomic mass is 19.4. The maximum Gasteiger partial charge on any atom is 0.416 e. The summed E-state index contributed by atoms with van der Waals surface area (Å²) in [4.78, 5) is 0. The topological polar surface area (TPSA) is 9.23 Å². The Bertz CT molecular complexity index is 364. The van der Waals surface area contributed by atoms with Crippen molar-refractivity contribution in [3.63, 3.8) is 0 Å². The van der Waals surface area contributed by atoms with Gasteiger partial charge in [0.25, 0.3) is 0 Å². The molecule has 0 saturated carbocycles. The van der Waals surface area contributed by atoms with E-state index in [0.29, 0.717) is 12.5 Å². The van der Waals surface area contributed by atoms with Crippen LogP contribution in [0.5, 0.6) is 0 Å². The lowest BCUT2D eigenvalue weighted by molar-refractivity contribution is -0.137. The summed E-state index contributed by atoms with van der Waals surface area (Å²) in [7, 11) is 0. The van der Waals surface area contributed by atoms with Crippen LogP contribution in [-0.2, 0) is 17.3 Å². The number of benzene rings is 1. The molecule has 1 heterocycles. The van der Waals surface area contributed by atoms with Crippen LogP contribution >= 0.6 is 0 Å². The van der Waals surface area contributed by atoms with E-state index in [1.54, 1.807) is 12.1 Å². The van der Waals surface area contributed by atoms with Crippen LogP contribution in [0.3, 0.4) is 0 Å². The summed E-state index contributed by atoms with van der Waals surface area (Å²) in [5.41, 5.74) is 0.353. The van der Waals surface area contributed by atoms with Gasteiger partial charge in [-0.3, -0.25) is 0 Å². The Morgan fingerprint density at radius 3 is 2.50 bits per heavy atom. The summed E-state index contributed by atoms with van der Waals surface area (Å²) in [6.45, 7) is 1.32. The monoisotopic (exact) mass is 256 g/mol. The lowest BCUT2D eigenvalue weighted by Gasteiger charge is -2.21. The molecular formula is C14H15F3O. The molecule has 0 amide bonds. The Labute approximate surface area is 105 Å². The fourth-order valence-corrected chi connectivity index (χ4v) is 2.02. The smallest absolute Gasteiger partial charge is 0.381 e. The molecule has 0 spiro atoms. The summed E-state index contributed by atoms with van der Waals surface area (Å²) in [6, 6.07) is 5.41. The van der Waals surface area contributed by atoms with Gasteiger partial charge in [0.1, 0.15) is 0 Å². The second-order valence-corrected chi connectivity index (χ2v) is 4.48. The predicted octanol–water partition coefficient (Wildman–Crippen LogP) is 3.76. The van der Waals surface area contributed by atoms with E-state index in [0.717, 1.165) is 43.6 Å². The molecule has 2 radical (unpaired) electrons. The van der Waals surface area contributed by atoms with Crippen molar-refractivity contribution < 1.29 is 17.9 Å². The number of hydrogen-bond donors (Lipinski definition) is 0. The van der Waals surface area contributed by atoms with Gasteiger partial charge >= 0.3 is 6.18 Å². The van der Waals surface area contributed by atoms with Gasteiger partial charge in [-0.25, -0.2) is 0 Å². The summed E-state index contributed by atoms with van der Waals surface area (Å²) < 4.78 is 42.3. The highest BCUT2D eigenvalue weighted by Gasteiger charge is 2.29. The van der Waals surface area contributed by atoms with Crippen molar-refractivity contribution >= 4 is 0 Å². The second-order valence-electron chi connectivity index (χ2n) is 4.48. The van der Waals surface area contributed by atoms with Crippen LogP contribution in [0.4, 0.5) is 13.2 Å². The van der Waals surface area contributed by atoms with Crippen LogP contribution in [0.25, 0.3) is 0 Å². The van der Waals surface area contributed by atoms with Crippen LogP contribution < -0.4 is 0 Å². The molecular weight excluding hydrogens is 241 g/mol. The Kier molecular flexibility index (Phi) is 4.27. The van der Waals surface area contributed by atoms with Gasteiger partial charge < -0.3 is 4.74 Å². The Morgan fingerprint density at radius 2 is 1.94 bits per heavy atom. The third-order valence-electron chi connectivity index (χ3n) is 3.15. The molecule has 0 aromatic heterocycles. The molecule has 1 aliphatic heterocycles. The van der Waals surface area contributed by atoms with Crippen molar-refractivity contribution in [1.29, 1.82) is 0 Å². The number of halogens is 3. The fraction of sp³-hybridized carbons (Fsp3) is 0.500. The van der Waals surface area contributed by atoms with Gasteiger partial charge in [-0.15, -0.1) is 0 Å². The van der Waals surface area contributed by atoms with Crippen LogP contribution in [0, 0.1) is 12.3 Å². The third kappa shape index (κ3) is 3.73. The highest BCUT2D eigenvalue weighted by Crippen LogP contribution is 2.29. The molecule has 18 heavy (non-hydrogen) atoms. The van der Waals surface area contributed by atoms with Gasteiger partial charge in [-0.2, -0.15) is 13.2 Å². The van der Waals surface area contributed by atoms with Crippen molar-refractivity contribution in [2.45, 2.75) is 25.4 Å². The Balaban J connectivity index is 1.86. The standard InChI is InChI=1S/C14H15F3O/c15-14(16,17)13-5-3-11(4-6-13)1-2-12-7-9-18-10-8-12/h3-6,12H,1-2,7,9-10H2. The SMILES string of the molecule is FC(F)(F)c1ccc(CCC2[C]COCC2)cc1. The zero-order chi connectivity index (χ0) is 13.0. The van der Waals surface area contributed by atoms with Crippen molar-refractivity contribution in [2.75, 3.05) is 13.2 Å². The molecule has 4 heteroatoms. The molecule has 1 unspecified atom stereocenters. The van der Waals surface area contributed by atoms with Crippen molar-refractivity contribution in [3.8, 4) is 0 Å². The number of ether oxygens (including phenoxy) is 1. The summed E-state index contributed by atoms with van der Waals surface area (Å²) >= 11 is 0. The van der Waals surface area contributed by atoms with Gasteiger partial charge in [0.2, 0.25) is 0 Å². The quantitative estimate of drug-likeness (QED) is 0.800. The normalized spacial score (nSPS) is 17.9. The molecule has 0 bridgehead atoms. The minimum atomic E-state index is -4.25. The summed E-state index contributed by atoms with van der Waals surface area (Å²) in [5, 5.41) is 0. The number of rotatable bonds is 3. The zero-order valence-corrected chi connectivity index (χ0v) is 9.96. The number of alkyl halides is 3. The van der Waals surface area contributed by atoms with E-state index < -0.39 is 11.7 Å². The van der Waals surface area contributed by atoms with E-state index in [1.807, 2.05) is 0 Å².